The number of hydrogen-bond donors (Lipinski definition) is 4. The number of benzene rings is 4. The summed E-state index contributed by atoms with van der Waals surface area (Å²) >= 11 is 0. The Kier molecular flexibility index (Phi) is 11.2. The third-order valence-electron chi connectivity index (χ3n) is 12.6. The molecule has 272 valence electrons. The van der Waals surface area contributed by atoms with Gasteiger partial charge in [-0.05, 0) is 85.0 Å². The number of rotatable bonds is 10. The highest BCUT2D eigenvalue weighted by Gasteiger charge is 2.48. The summed E-state index contributed by atoms with van der Waals surface area (Å²) in [5, 5.41) is 14.0. The summed E-state index contributed by atoms with van der Waals surface area (Å²) in [5.41, 5.74) is 3.82. The van der Waals surface area contributed by atoms with Crippen molar-refractivity contribution in [3.05, 3.63) is 120 Å². The van der Waals surface area contributed by atoms with Gasteiger partial charge in [0.15, 0.2) is 6.04 Å². The second-order valence-corrected chi connectivity index (χ2v) is 16.1. The molecule has 0 radical (unpaired) electrons. The molecule has 2 unspecified atom stereocenters. The first-order valence-electron chi connectivity index (χ1n) is 20.5. The van der Waals surface area contributed by atoms with Crippen LogP contribution < -0.4 is 20.9 Å². The molecular weight excluding hydrogens is 639 g/mol. The van der Waals surface area contributed by atoms with Gasteiger partial charge < -0.3 is 5.32 Å². The highest BCUT2D eigenvalue weighted by Crippen LogP contribution is 2.42. The van der Waals surface area contributed by atoms with Gasteiger partial charge in [0.1, 0.15) is 0 Å². The number of hydrogen-bond acceptors (Lipinski definition) is 2. The van der Waals surface area contributed by atoms with Crippen LogP contribution in [0.15, 0.2) is 103 Å². The van der Waals surface area contributed by atoms with E-state index in [1.165, 1.54) is 91.7 Å². The van der Waals surface area contributed by atoms with Crippen molar-refractivity contribution in [1.29, 1.82) is 0 Å². The number of carbonyl (C=O) groups is 1. The minimum Gasteiger partial charge on any atom is -0.348 e. The third-order valence-corrected chi connectivity index (χ3v) is 12.6. The molecule has 9 rings (SSSR count). The van der Waals surface area contributed by atoms with Crippen LogP contribution in [0.4, 0.5) is 0 Å². The number of nitrogens with zero attached hydrogens (tertiary/aromatic N) is 1. The Balaban J connectivity index is 1.12. The van der Waals surface area contributed by atoms with Crippen LogP contribution in [0.3, 0.4) is 0 Å². The molecule has 4 aromatic carbocycles. The lowest BCUT2D eigenvalue weighted by Gasteiger charge is -2.54. The van der Waals surface area contributed by atoms with Gasteiger partial charge in [-0.15, -0.1) is 0 Å². The van der Waals surface area contributed by atoms with E-state index >= 15 is 4.79 Å². The van der Waals surface area contributed by atoms with Gasteiger partial charge >= 0.3 is 5.96 Å². The van der Waals surface area contributed by atoms with Crippen molar-refractivity contribution in [2.45, 2.75) is 120 Å². The molecule has 3 saturated heterocycles. The maximum absolute atomic E-state index is 15.1. The van der Waals surface area contributed by atoms with Crippen molar-refractivity contribution < 1.29 is 9.79 Å². The Morgan fingerprint density at radius 2 is 1.29 bits per heavy atom. The van der Waals surface area contributed by atoms with E-state index in [0.717, 1.165) is 31.9 Å². The highest BCUT2D eigenvalue weighted by molar-refractivity contribution is 5.88. The first-order chi connectivity index (χ1) is 25.7. The first-order valence-corrected chi connectivity index (χ1v) is 20.5. The smallest absolute Gasteiger partial charge is 0.344 e. The van der Waals surface area contributed by atoms with E-state index in [0.29, 0.717) is 24.4 Å². The SMILES string of the molecule is O=C(NC1C2CCN(CC2)C1C(c1ccccc1)c1ccccc1)[C@H](Cc1ccc2ccccc2c1)NC(NC1CCCCC1)=[NH+]C1CCCCC1. The number of amides is 1. The van der Waals surface area contributed by atoms with Crippen molar-refractivity contribution >= 4 is 22.6 Å². The summed E-state index contributed by atoms with van der Waals surface area (Å²) < 4.78 is 0. The monoisotopic (exact) mass is 696 g/mol. The summed E-state index contributed by atoms with van der Waals surface area (Å²) in [6, 6.07) is 37.9. The van der Waals surface area contributed by atoms with E-state index in [4.69, 9.17) is 0 Å². The zero-order valence-corrected chi connectivity index (χ0v) is 30.8. The van der Waals surface area contributed by atoms with E-state index in [1.54, 1.807) is 0 Å². The van der Waals surface area contributed by atoms with E-state index in [1.807, 2.05) is 0 Å². The van der Waals surface area contributed by atoms with Crippen LogP contribution >= 0.6 is 0 Å². The summed E-state index contributed by atoms with van der Waals surface area (Å²) in [6.45, 7) is 2.18. The predicted molar refractivity (Wildman–Crippen MR) is 212 cm³/mol. The van der Waals surface area contributed by atoms with Crippen LogP contribution in [-0.2, 0) is 11.2 Å². The maximum Gasteiger partial charge on any atom is 0.344 e. The molecule has 0 aromatic heterocycles. The fourth-order valence-corrected chi connectivity index (χ4v) is 9.89. The van der Waals surface area contributed by atoms with Gasteiger partial charge in [-0.1, -0.05) is 142 Å². The van der Waals surface area contributed by atoms with Crippen molar-refractivity contribution in [3.63, 3.8) is 0 Å². The average molecular weight is 697 g/mol. The fourth-order valence-electron chi connectivity index (χ4n) is 9.89. The molecule has 4 aromatic rings. The molecule has 1 amide bonds. The number of fused-ring (bicyclic) bond motifs is 4. The van der Waals surface area contributed by atoms with Crippen LogP contribution in [0.1, 0.15) is 99.7 Å². The molecule has 3 atom stereocenters. The number of carbonyl (C=O) groups excluding carboxylic acids is 1. The fraction of sp³-hybridized carbons (Fsp3) is 0.478. The lowest BCUT2D eigenvalue weighted by Crippen LogP contribution is -2.86. The number of nitrogens with one attached hydrogen (secondary N) is 4. The van der Waals surface area contributed by atoms with Crippen LogP contribution in [-0.4, -0.2) is 60.1 Å². The largest absolute Gasteiger partial charge is 0.348 e. The van der Waals surface area contributed by atoms with Gasteiger partial charge in [-0.2, -0.15) is 0 Å². The molecule has 2 aliphatic carbocycles. The van der Waals surface area contributed by atoms with Crippen molar-refractivity contribution in [1.82, 2.24) is 20.9 Å². The third kappa shape index (κ3) is 8.23. The van der Waals surface area contributed by atoms with E-state index in [9.17, 15) is 0 Å². The zero-order chi connectivity index (χ0) is 35.1. The maximum atomic E-state index is 15.1. The van der Waals surface area contributed by atoms with Crippen molar-refractivity contribution in [2.75, 3.05) is 13.1 Å². The lowest BCUT2D eigenvalue weighted by molar-refractivity contribution is -0.512. The standard InChI is InChI=1S/C46H57N5O/c52-45(50-43-37-27-29-51(30-28-37)44(43)42(35-16-5-1-6-17-35)36-18-7-2-8-19-36)41(32-33-25-26-34-15-13-14-20-38(34)31-33)49-46(47-39-21-9-3-10-22-39)48-40-23-11-4-12-24-40/h1-2,5-8,13-20,25-26,31,37,39-44H,3-4,9-12,21-24,27-30,32H2,(H,50,52)(H2,47,48,49)/p+1/t41-,43?,44?/m0/s1. The van der Waals surface area contributed by atoms with E-state index in [2.05, 4.69) is 129 Å². The second kappa shape index (κ2) is 16.7. The van der Waals surface area contributed by atoms with E-state index in [-0.39, 0.29) is 23.9 Å². The van der Waals surface area contributed by atoms with E-state index < -0.39 is 6.04 Å². The lowest BCUT2D eigenvalue weighted by atomic mass is 9.70. The van der Waals surface area contributed by atoms with Crippen molar-refractivity contribution in [3.8, 4) is 0 Å². The predicted octanol–water partition coefficient (Wildman–Crippen LogP) is 6.44. The van der Waals surface area contributed by atoms with Crippen molar-refractivity contribution in [2.24, 2.45) is 5.92 Å². The minimum absolute atomic E-state index is 0.0578. The zero-order valence-electron chi connectivity index (χ0n) is 30.8. The Morgan fingerprint density at radius 3 is 1.96 bits per heavy atom. The van der Waals surface area contributed by atoms with Gasteiger partial charge in [0.05, 0.1) is 12.1 Å². The molecule has 2 bridgehead atoms. The molecule has 6 heteroatoms. The summed E-state index contributed by atoms with van der Waals surface area (Å²) in [7, 11) is 0. The van der Waals surface area contributed by atoms with Crippen LogP contribution in [0, 0.1) is 5.92 Å². The second-order valence-electron chi connectivity index (χ2n) is 16.1. The molecule has 52 heavy (non-hydrogen) atoms. The number of guanidine groups is 1. The van der Waals surface area contributed by atoms with Gasteiger partial charge in [0.2, 0.25) is 0 Å². The Hall–Kier alpha value is -4.16. The average Bonchev–Trinajstić information content (AvgIpc) is 3.20. The molecule has 0 spiro atoms. The van der Waals surface area contributed by atoms with Crippen LogP contribution in [0.25, 0.3) is 10.8 Å². The molecular formula is C46H58N5O+. The molecule has 3 aliphatic heterocycles. The molecule has 5 fully saturated rings. The van der Waals surface area contributed by atoms with Gasteiger partial charge in [-0.25, -0.2) is 0 Å². The Morgan fingerprint density at radius 1 is 0.673 bits per heavy atom. The van der Waals surface area contributed by atoms with Gasteiger partial charge in [-0.3, -0.25) is 25.3 Å². The van der Waals surface area contributed by atoms with Gasteiger partial charge in [0.25, 0.3) is 5.91 Å². The molecule has 2 saturated carbocycles. The Labute approximate surface area is 310 Å². The van der Waals surface area contributed by atoms with Gasteiger partial charge in [0, 0.05) is 24.4 Å². The highest BCUT2D eigenvalue weighted by atomic mass is 16.2. The Bertz CT molecular complexity index is 1730. The normalized spacial score (nSPS) is 24.8. The minimum atomic E-state index is -0.425. The summed E-state index contributed by atoms with van der Waals surface area (Å²) in [5.74, 6) is 1.69. The number of piperidine rings is 3. The topological polar surface area (TPSA) is 70.4 Å². The quantitative estimate of drug-likeness (QED) is 0.114. The summed E-state index contributed by atoms with van der Waals surface area (Å²) in [4.78, 5) is 21.6. The molecule has 4 N–H and O–H groups in total. The molecule has 5 aliphatic rings. The molecule has 6 nitrogen and oxygen atoms in total. The van der Waals surface area contributed by atoms with Crippen LogP contribution in [0.2, 0.25) is 0 Å². The molecule has 3 heterocycles. The summed E-state index contributed by atoms with van der Waals surface area (Å²) in [6.07, 6.45) is 15.3. The van der Waals surface area contributed by atoms with Crippen LogP contribution in [0.5, 0.6) is 0 Å². The first kappa shape index (κ1) is 34.9.